The topological polar surface area (TPSA) is 56.7 Å². The fraction of sp³-hybridized carbons (Fsp3) is 0.143. The summed E-state index contributed by atoms with van der Waals surface area (Å²) in [6.45, 7) is 2.01. The molecule has 0 aliphatic heterocycles. The van der Waals surface area contributed by atoms with E-state index in [0.717, 1.165) is 33.4 Å². The van der Waals surface area contributed by atoms with E-state index in [4.69, 9.17) is 5.73 Å². The summed E-state index contributed by atoms with van der Waals surface area (Å²) in [5.41, 5.74) is 10.7. The average molecular weight is 238 g/mol. The molecule has 0 aliphatic carbocycles. The van der Waals surface area contributed by atoms with E-state index in [1.165, 1.54) is 0 Å². The van der Waals surface area contributed by atoms with Crippen molar-refractivity contribution in [1.82, 2.24) is 14.8 Å². The van der Waals surface area contributed by atoms with E-state index in [-0.39, 0.29) is 0 Å². The van der Waals surface area contributed by atoms with Gasteiger partial charge in [0.2, 0.25) is 0 Å². The first-order chi connectivity index (χ1) is 8.63. The number of aromatic nitrogens is 3. The molecule has 1 aromatic carbocycles. The number of nitrogen functional groups attached to an aromatic ring is 1. The van der Waals surface area contributed by atoms with Crippen LogP contribution in [0.5, 0.6) is 0 Å². The largest absolute Gasteiger partial charge is 0.399 e. The number of hydrogen-bond acceptors (Lipinski definition) is 3. The Balaban J connectivity index is 2.26. The third-order valence-electron chi connectivity index (χ3n) is 3.05. The molecule has 0 unspecified atom stereocenters. The molecule has 2 heterocycles. The summed E-state index contributed by atoms with van der Waals surface area (Å²) in [6, 6.07) is 7.88. The van der Waals surface area contributed by atoms with Crippen molar-refractivity contribution in [2.75, 3.05) is 5.73 Å². The summed E-state index contributed by atoms with van der Waals surface area (Å²) >= 11 is 0. The van der Waals surface area contributed by atoms with Crippen molar-refractivity contribution < 1.29 is 0 Å². The van der Waals surface area contributed by atoms with Crippen molar-refractivity contribution in [1.29, 1.82) is 0 Å². The number of aryl methyl sites for hydroxylation is 2. The monoisotopic (exact) mass is 238 g/mol. The van der Waals surface area contributed by atoms with Crippen molar-refractivity contribution in [2.45, 2.75) is 6.92 Å². The maximum atomic E-state index is 5.81. The second kappa shape index (κ2) is 3.84. The Kier molecular flexibility index (Phi) is 2.30. The molecule has 0 saturated carbocycles. The van der Waals surface area contributed by atoms with Crippen molar-refractivity contribution in [3.8, 4) is 11.1 Å². The molecular weight excluding hydrogens is 224 g/mol. The van der Waals surface area contributed by atoms with Crippen LogP contribution in [0, 0.1) is 6.92 Å². The molecule has 0 bridgehead atoms. The standard InChI is InChI=1S/C14H14N4/c1-9-13(11-7-16-18(2)8-11)6-10-5-12(15)3-4-14(10)17-9/h3-8H,15H2,1-2H3. The lowest BCUT2D eigenvalue weighted by Gasteiger charge is -2.06. The maximum Gasteiger partial charge on any atom is 0.0707 e. The van der Waals surface area contributed by atoms with E-state index < -0.39 is 0 Å². The number of benzene rings is 1. The van der Waals surface area contributed by atoms with Crippen molar-refractivity contribution in [3.63, 3.8) is 0 Å². The van der Waals surface area contributed by atoms with E-state index in [0.29, 0.717) is 0 Å². The lowest BCUT2D eigenvalue weighted by atomic mass is 10.0. The predicted octanol–water partition coefficient (Wildman–Crippen LogP) is 2.53. The first-order valence-corrected chi connectivity index (χ1v) is 5.79. The number of rotatable bonds is 1. The summed E-state index contributed by atoms with van der Waals surface area (Å²) in [6.07, 6.45) is 3.84. The van der Waals surface area contributed by atoms with E-state index in [2.05, 4.69) is 16.1 Å². The third-order valence-corrected chi connectivity index (χ3v) is 3.05. The van der Waals surface area contributed by atoms with Crippen LogP contribution in [0.2, 0.25) is 0 Å². The summed E-state index contributed by atoms with van der Waals surface area (Å²) < 4.78 is 1.79. The SMILES string of the molecule is Cc1nc2ccc(N)cc2cc1-c1cnn(C)c1. The fourth-order valence-corrected chi connectivity index (χ4v) is 2.14. The highest BCUT2D eigenvalue weighted by atomic mass is 15.2. The second-order valence-corrected chi connectivity index (χ2v) is 4.48. The van der Waals surface area contributed by atoms with Crippen LogP contribution in [-0.2, 0) is 7.05 Å². The van der Waals surface area contributed by atoms with Gasteiger partial charge < -0.3 is 5.73 Å². The molecule has 4 nitrogen and oxygen atoms in total. The Bertz CT molecular complexity index is 728. The molecule has 0 amide bonds. The molecule has 0 saturated heterocycles. The Labute approximate surface area is 105 Å². The van der Waals surface area contributed by atoms with Gasteiger partial charge in [-0.15, -0.1) is 0 Å². The van der Waals surface area contributed by atoms with E-state index in [1.807, 2.05) is 44.6 Å². The molecule has 0 spiro atoms. The number of pyridine rings is 1. The van der Waals surface area contributed by atoms with Gasteiger partial charge in [0.1, 0.15) is 0 Å². The smallest absolute Gasteiger partial charge is 0.0707 e. The van der Waals surface area contributed by atoms with Gasteiger partial charge in [-0.25, -0.2) is 0 Å². The summed E-state index contributed by atoms with van der Waals surface area (Å²) in [7, 11) is 1.91. The first-order valence-electron chi connectivity index (χ1n) is 5.79. The lowest BCUT2D eigenvalue weighted by molar-refractivity contribution is 0.768. The van der Waals surface area contributed by atoms with Crippen LogP contribution in [-0.4, -0.2) is 14.8 Å². The normalized spacial score (nSPS) is 11.0. The van der Waals surface area contributed by atoms with E-state index in [1.54, 1.807) is 4.68 Å². The molecule has 0 fully saturated rings. The van der Waals surface area contributed by atoms with Gasteiger partial charge in [0, 0.05) is 41.1 Å². The van der Waals surface area contributed by atoms with Gasteiger partial charge in [0.25, 0.3) is 0 Å². The van der Waals surface area contributed by atoms with E-state index >= 15 is 0 Å². The second-order valence-electron chi connectivity index (χ2n) is 4.48. The minimum Gasteiger partial charge on any atom is -0.399 e. The van der Waals surface area contributed by atoms with Gasteiger partial charge in [-0.05, 0) is 31.2 Å². The number of fused-ring (bicyclic) bond motifs is 1. The van der Waals surface area contributed by atoms with Crippen LogP contribution in [0.15, 0.2) is 36.7 Å². The molecule has 0 atom stereocenters. The molecule has 3 rings (SSSR count). The zero-order chi connectivity index (χ0) is 12.7. The highest BCUT2D eigenvalue weighted by Gasteiger charge is 2.07. The van der Waals surface area contributed by atoms with Crippen LogP contribution in [0.25, 0.3) is 22.0 Å². The van der Waals surface area contributed by atoms with Crippen molar-refractivity contribution in [3.05, 3.63) is 42.4 Å². The molecule has 0 aliphatic rings. The van der Waals surface area contributed by atoms with Crippen molar-refractivity contribution >= 4 is 16.6 Å². The van der Waals surface area contributed by atoms with Crippen LogP contribution in [0.3, 0.4) is 0 Å². The average Bonchev–Trinajstić information content (AvgIpc) is 2.75. The molecule has 18 heavy (non-hydrogen) atoms. The number of nitrogens with zero attached hydrogens (tertiary/aromatic N) is 3. The van der Waals surface area contributed by atoms with Crippen molar-refractivity contribution in [2.24, 2.45) is 7.05 Å². The molecular formula is C14H14N4. The third kappa shape index (κ3) is 1.72. The molecule has 2 aromatic heterocycles. The summed E-state index contributed by atoms with van der Waals surface area (Å²) in [5, 5.41) is 5.25. The van der Waals surface area contributed by atoms with Crippen LogP contribution < -0.4 is 5.73 Å². The predicted molar refractivity (Wildman–Crippen MR) is 73.1 cm³/mol. The number of anilines is 1. The van der Waals surface area contributed by atoms with Crippen LogP contribution >= 0.6 is 0 Å². The molecule has 2 N–H and O–H groups in total. The van der Waals surface area contributed by atoms with Gasteiger partial charge in [-0.3, -0.25) is 9.67 Å². The van der Waals surface area contributed by atoms with Gasteiger partial charge in [-0.1, -0.05) is 0 Å². The highest BCUT2D eigenvalue weighted by Crippen LogP contribution is 2.26. The van der Waals surface area contributed by atoms with Gasteiger partial charge >= 0.3 is 0 Å². The number of nitrogens with two attached hydrogens (primary N) is 1. The van der Waals surface area contributed by atoms with Gasteiger partial charge in [0.05, 0.1) is 11.7 Å². The number of hydrogen-bond donors (Lipinski definition) is 1. The minimum absolute atomic E-state index is 0.755. The molecule has 90 valence electrons. The molecule has 4 heteroatoms. The van der Waals surface area contributed by atoms with Gasteiger partial charge in [-0.2, -0.15) is 5.10 Å². The highest BCUT2D eigenvalue weighted by molar-refractivity contribution is 5.86. The Morgan fingerprint density at radius 1 is 1.22 bits per heavy atom. The molecule has 0 radical (unpaired) electrons. The minimum atomic E-state index is 0.755. The van der Waals surface area contributed by atoms with Gasteiger partial charge in [0.15, 0.2) is 0 Å². The summed E-state index contributed by atoms with van der Waals surface area (Å²) in [5.74, 6) is 0. The zero-order valence-corrected chi connectivity index (χ0v) is 10.4. The molecule has 3 aromatic rings. The Morgan fingerprint density at radius 2 is 2.06 bits per heavy atom. The summed E-state index contributed by atoms with van der Waals surface area (Å²) in [4.78, 5) is 4.61. The first kappa shape index (κ1) is 10.8. The maximum absolute atomic E-state index is 5.81. The zero-order valence-electron chi connectivity index (χ0n) is 10.4. The van der Waals surface area contributed by atoms with Crippen LogP contribution in [0.1, 0.15) is 5.69 Å². The Morgan fingerprint density at radius 3 is 2.78 bits per heavy atom. The van der Waals surface area contributed by atoms with Crippen LogP contribution in [0.4, 0.5) is 5.69 Å². The quantitative estimate of drug-likeness (QED) is 0.663. The lowest BCUT2D eigenvalue weighted by Crippen LogP contribution is -1.91. The fourth-order valence-electron chi connectivity index (χ4n) is 2.14. The Hall–Kier alpha value is -2.36. The van der Waals surface area contributed by atoms with E-state index in [9.17, 15) is 0 Å².